The van der Waals surface area contributed by atoms with Crippen LogP contribution in [0.5, 0.6) is 0 Å². The van der Waals surface area contributed by atoms with Gasteiger partial charge in [0, 0.05) is 17.7 Å². The van der Waals surface area contributed by atoms with Crippen molar-refractivity contribution in [2.45, 2.75) is 39.2 Å². The molecule has 0 unspecified atom stereocenters. The standard InChI is InChI=1S/C12H17FN2O2/c1-4-7-12(2,3)14-10-8-9(13)5-6-11(10)15(16)17/h5-6,8,14H,4,7H2,1-3H3. The van der Waals surface area contributed by atoms with Crippen LogP contribution >= 0.6 is 0 Å². The van der Waals surface area contributed by atoms with Gasteiger partial charge in [-0.2, -0.15) is 0 Å². The Morgan fingerprint density at radius 1 is 1.47 bits per heavy atom. The third-order valence-electron chi connectivity index (χ3n) is 2.50. The van der Waals surface area contributed by atoms with Crippen LogP contribution in [-0.4, -0.2) is 10.5 Å². The van der Waals surface area contributed by atoms with Gasteiger partial charge in [-0.25, -0.2) is 4.39 Å². The molecule has 1 N–H and O–H groups in total. The van der Waals surface area contributed by atoms with Gasteiger partial charge in [0.05, 0.1) is 4.92 Å². The smallest absolute Gasteiger partial charge is 0.292 e. The predicted molar refractivity (Wildman–Crippen MR) is 65.7 cm³/mol. The van der Waals surface area contributed by atoms with Crippen LogP contribution in [0.4, 0.5) is 15.8 Å². The zero-order valence-corrected chi connectivity index (χ0v) is 10.3. The summed E-state index contributed by atoms with van der Waals surface area (Å²) in [6.07, 6.45) is 1.80. The molecular weight excluding hydrogens is 223 g/mol. The molecule has 1 aromatic carbocycles. The first-order valence-corrected chi connectivity index (χ1v) is 5.58. The summed E-state index contributed by atoms with van der Waals surface area (Å²) in [5, 5.41) is 13.8. The van der Waals surface area contributed by atoms with Crippen LogP contribution in [0.15, 0.2) is 18.2 Å². The van der Waals surface area contributed by atoms with Crippen LogP contribution in [0.25, 0.3) is 0 Å². The first-order valence-electron chi connectivity index (χ1n) is 5.58. The van der Waals surface area contributed by atoms with Crippen molar-refractivity contribution in [2.24, 2.45) is 0 Å². The molecule has 0 aliphatic heterocycles. The monoisotopic (exact) mass is 240 g/mol. The van der Waals surface area contributed by atoms with Crippen molar-refractivity contribution in [2.75, 3.05) is 5.32 Å². The van der Waals surface area contributed by atoms with Gasteiger partial charge in [-0.05, 0) is 26.3 Å². The normalized spacial score (nSPS) is 11.3. The lowest BCUT2D eigenvalue weighted by molar-refractivity contribution is -0.384. The molecule has 0 aromatic heterocycles. The topological polar surface area (TPSA) is 55.2 Å². The summed E-state index contributed by atoms with van der Waals surface area (Å²) in [5.74, 6) is -0.481. The molecular formula is C12H17FN2O2. The van der Waals surface area contributed by atoms with Gasteiger partial charge in [0.1, 0.15) is 11.5 Å². The molecule has 17 heavy (non-hydrogen) atoms. The average molecular weight is 240 g/mol. The van der Waals surface area contributed by atoms with E-state index in [9.17, 15) is 14.5 Å². The van der Waals surface area contributed by atoms with Gasteiger partial charge in [0.2, 0.25) is 0 Å². The van der Waals surface area contributed by atoms with E-state index >= 15 is 0 Å². The SMILES string of the molecule is CCCC(C)(C)Nc1cc(F)ccc1[N+](=O)[O-]. The molecule has 0 bridgehead atoms. The van der Waals surface area contributed by atoms with Gasteiger partial charge >= 0.3 is 0 Å². The van der Waals surface area contributed by atoms with E-state index in [1.165, 1.54) is 6.07 Å². The molecule has 0 radical (unpaired) electrons. The zero-order valence-electron chi connectivity index (χ0n) is 10.3. The van der Waals surface area contributed by atoms with Crippen molar-refractivity contribution in [3.63, 3.8) is 0 Å². The summed E-state index contributed by atoms with van der Waals surface area (Å²) in [7, 11) is 0. The first kappa shape index (κ1) is 13.4. The minimum absolute atomic E-state index is 0.101. The lowest BCUT2D eigenvalue weighted by atomic mass is 9.98. The van der Waals surface area contributed by atoms with E-state index in [0.29, 0.717) is 0 Å². The number of anilines is 1. The quantitative estimate of drug-likeness (QED) is 0.630. The highest BCUT2D eigenvalue weighted by atomic mass is 19.1. The Balaban J connectivity index is 3.04. The number of nitro benzene ring substituents is 1. The molecule has 0 amide bonds. The number of hydrogen-bond acceptors (Lipinski definition) is 3. The largest absolute Gasteiger partial charge is 0.375 e. The first-order chi connectivity index (χ1) is 7.85. The Morgan fingerprint density at radius 2 is 2.12 bits per heavy atom. The second kappa shape index (κ2) is 5.12. The molecule has 0 aliphatic carbocycles. The molecule has 4 nitrogen and oxygen atoms in total. The minimum Gasteiger partial charge on any atom is -0.375 e. The molecule has 0 heterocycles. The summed E-state index contributed by atoms with van der Waals surface area (Å²) in [6.45, 7) is 5.90. The molecule has 0 atom stereocenters. The van der Waals surface area contributed by atoms with E-state index in [4.69, 9.17) is 0 Å². The second-order valence-electron chi connectivity index (χ2n) is 4.68. The fourth-order valence-electron chi connectivity index (χ4n) is 1.82. The van der Waals surface area contributed by atoms with Crippen LogP contribution < -0.4 is 5.32 Å². The predicted octanol–water partition coefficient (Wildman–Crippen LogP) is 3.72. The highest BCUT2D eigenvalue weighted by Gasteiger charge is 2.22. The second-order valence-corrected chi connectivity index (χ2v) is 4.68. The maximum atomic E-state index is 13.1. The van der Waals surface area contributed by atoms with Crippen LogP contribution in [0, 0.1) is 15.9 Å². The Labute approximate surface area is 100.0 Å². The van der Waals surface area contributed by atoms with E-state index < -0.39 is 10.7 Å². The van der Waals surface area contributed by atoms with Gasteiger partial charge in [-0.3, -0.25) is 10.1 Å². The summed E-state index contributed by atoms with van der Waals surface area (Å²) in [6, 6.07) is 3.44. The molecule has 1 rings (SSSR count). The van der Waals surface area contributed by atoms with Crippen LogP contribution in [0.2, 0.25) is 0 Å². The Morgan fingerprint density at radius 3 is 2.65 bits per heavy atom. The summed E-state index contributed by atoms with van der Waals surface area (Å²) in [5.41, 5.74) is -0.170. The highest BCUT2D eigenvalue weighted by Crippen LogP contribution is 2.29. The summed E-state index contributed by atoms with van der Waals surface area (Å²) < 4.78 is 13.1. The van der Waals surface area contributed by atoms with Crippen LogP contribution in [-0.2, 0) is 0 Å². The van der Waals surface area contributed by atoms with E-state index in [0.717, 1.165) is 25.0 Å². The van der Waals surface area contributed by atoms with E-state index in [-0.39, 0.29) is 16.9 Å². The van der Waals surface area contributed by atoms with Gasteiger partial charge in [-0.15, -0.1) is 0 Å². The minimum atomic E-state index is -0.510. The Bertz CT molecular complexity index is 419. The lowest BCUT2D eigenvalue weighted by Crippen LogP contribution is -2.30. The maximum absolute atomic E-state index is 13.1. The fourth-order valence-corrected chi connectivity index (χ4v) is 1.82. The molecule has 5 heteroatoms. The van der Waals surface area contributed by atoms with Crippen LogP contribution in [0.3, 0.4) is 0 Å². The average Bonchev–Trinajstić information content (AvgIpc) is 2.15. The number of halogens is 1. The van der Waals surface area contributed by atoms with E-state index in [1.54, 1.807) is 0 Å². The molecule has 0 spiro atoms. The number of nitro groups is 1. The van der Waals surface area contributed by atoms with Crippen molar-refractivity contribution in [3.05, 3.63) is 34.1 Å². The Kier molecular flexibility index (Phi) is 4.04. The molecule has 94 valence electrons. The summed E-state index contributed by atoms with van der Waals surface area (Å²) >= 11 is 0. The molecule has 0 aliphatic rings. The van der Waals surface area contributed by atoms with Crippen molar-refractivity contribution in [1.29, 1.82) is 0 Å². The van der Waals surface area contributed by atoms with Gasteiger partial charge in [0.25, 0.3) is 5.69 Å². The van der Waals surface area contributed by atoms with Crippen molar-refractivity contribution in [3.8, 4) is 0 Å². The number of rotatable bonds is 5. The van der Waals surface area contributed by atoms with Gasteiger partial charge in [-0.1, -0.05) is 13.3 Å². The third kappa shape index (κ3) is 3.69. The number of benzene rings is 1. The zero-order chi connectivity index (χ0) is 13.1. The molecule has 0 saturated heterocycles. The number of hydrogen-bond donors (Lipinski definition) is 1. The molecule has 0 saturated carbocycles. The van der Waals surface area contributed by atoms with Crippen molar-refractivity contribution in [1.82, 2.24) is 0 Å². The maximum Gasteiger partial charge on any atom is 0.292 e. The van der Waals surface area contributed by atoms with E-state index in [1.807, 2.05) is 20.8 Å². The van der Waals surface area contributed by atoms with Crippen molar-refractivity contribution < 1.29 is 9.31 Å². The highest BCUT2D eigenvalue weighted by molar-refractivity contribution is 5.62. The summed E-state index contributed by atoms with van der Waals surface area (Å²) in [4.78, 5) is 10.3. The van der Waals surface area contributed by atoms with Crippen molar-refractivity contribution >= 4 is 11.4 Å². The van der Waals surface area contributed by atoms with Gasteiger partial charge < -0.3 is 5.32 Å². The molecule has 0 fully saturated rings. The molecule has 1 aromatic rings. The van der Waals surface area contributed by atoms with Crippen LogP contribution in [0.1, 0.15) is 33.6 Å². The van der Waals surface area contributed by atoms with E-state index in [2.05, 4.69) is 5.32 Å². The lowest BCUT2D eigenvalue weighted by Gasteiger charge is -2.26. The number of nitrogens with zero attached hydrogens (tertiary/aromatic N) is 1. The Hall–Kier alpha value is -1.65. The van der Waals surface area contributed by atoms with Gasteiger partial charge in [0.15, 0.2) is 0 Å². The fraction of sp³-hybridized carbons (Fsp3) is 0.500. The number of nitrogens with one attached hydrogen (secondary N) is 1. The third-order valence-corrected chi connectivity index (χ3v) is 2.50.